The molecule has 2 rings (SSSR count). The molecule has 1 unspecified atom stereocenters. The minimum atomic E-state index is -0.478. The summed E-state index contributed by atoms with van der Waals surface area (Å²) >= 11 is 5.83. The quantitative estimate of drug-likeness (QED) is 0.911. The number of amides is 1. The van der Waals surface area contributed by atoms with Crippen molar-refractivity contribution < 1.29 is 14.6 Å². The van der Waals surface area contributed by atoms with Gasteiger partial charge in [-0.05, 0) is 24.6 Å². The summed E-state index contributed by atoms with van der Waals surface area (Å²) in [6, 6.07) is 8.39. The highest BCUT2D eigenvalue weighted by atomic mass is 35.5. The zero-order valence-corrected chi connectivity index (χ0v) is 12.4. The number of aromatic nitrogens is 1. The molecule has 0 fully saturated rings. The fourth-order valence-corrected chi connectivity index (χ4v) is 1.99. The fourth-order valence-electron chi connectivity index (χ4n) is 1.87. The maximum atomic E-state index is 12.2. The SMILES string of the molecule is COc1ccnc(C(=O)NC(C)c2ccc(Cl)cc2)c1O. The van der Waals surface area contributed by atoms with Gasteiger partial charge in [-0.3, -0.25) is 4.79 Å². The highest BCUT2D eigenvalue weighted by molar-refractivity contribution is 6.30. The molecule has 5 nitrogen and oxygen atoms in total. The van der Waals surface area contributed by atoms with Crippen LogP contribution in [0.2, 0.25) is 5.02 Å². The molecule has 1 atom stereocenters. The van der Waals surface area contributed by atoms with Crippen molar-refractivity contribution in [3.8, 4) is 11.5 Å². The standard InChI is InChI=1S/C15H15ClN2O3/c1-9(10-3-5-11(16)6-4-10)18-15(20)13-14(19)12(21-2)7-8-17-13/h3-9,19H,1-2H3,(H,18,20). The fraction of sp³-hybridized carbons (Fsp3) is 0.200. The van der Waals surface area contributed by atoms with Gasteiger partial charge in [0.05, 0.1) is 13.2 Å². The number of benzene rings is 1. The van der Waals surface area contributed by atoms with E-state index in [1.807, 2.05) is 19.1 Å². The molecule has 0 aliphatic rings. The molecule has 0 saturated heterocycles. The number of nitrogens with zero attached hydrogens (tertiary/aromatic N) is 1. The molecule has 1 amide bonds. The Labute approximate surface area is 127 Å². The summed E-state index contributed by atoms with van der Waals surface area (Å²) in [4.78, 5) is 16.1. The lowest BCUT2D eigenvalue weighted by atomic mass is 10.1. The maximum Gasteiger partial charge on any atom is 0.274 e. The number of rotatable bonds is 4. The summed E-state index contributed by atoms with van der Waals surface area (Å²) in [5.41, 5.74) is 0.824. The zero-order valence-electron chi connectivity index (χ0n) is 11.6. The van der Waals surface area contributed by atoms with Gasteiger partial charge in [0.1, 0.15) is 0 Å². The van der Waals surface area contributed by atoms with Gasteiger partial charge in [0, 0.05) is 17.3 Å². The second kappa shape index (κ2) is 6.45. The predicted octanol–water partition coefficient (Wildman–Crippen LogP) is 2.94. The predicted molar refractivity (Wildman–Crippen MR) is 79.8 cm³/mol. The lowest BCUT2D eigenvalue weighted by molar-refractivity contribution is 0.0931. The van der Waals surface area contributed by atoms with Crippen LogP contribution in [-0.4, -0.2) is 23.1 Å². The van der Waals surface area contributed by atoms with Gasteiger partial charge in [0.25, 0.3) is 5.91 Å². The zero-order chi connectivity index (χ0) is 15.4. The molecule has 0 aliphatic heterocycles. The van der Waals surface area contributed by atoms with Crippen LogP contribution in [0.25, 0.3) is 0 Å². The second-order valence-electron chi connectivity index (χ2n) is 4.46. The first-order valence-corrected chi connectivity index (χ1v) is 6.69. The number of pyridine rings is 1. The third-order valence-corrected chi connectivity index (χ3v) is 3.29. The Bertz CT molecular complexity index is 644. The average molecular weight is 307 g/mol. The molecule has 6 heteroatoms. The Morgan fingerprint density at radius 2 is 2.00 bits per heavy atom. The van der Waals surface area contributed by atoms with Gasteiger partial charge in [-0.1, -0.05) is 23.7 Å². The first-order chi connectivity index (χ1) is 10.0. The third-order valence-electron chi connectivity index (χ3n) is 3.04. The van der Waals surface area contributed by atoms with Crippen molar-refractivity contribution in [2.45, 2.75) is 13.0 Å². The number of ether oxygens (including phenoxy) is 1. The number of carbonyl (C=O) groups excluding carboxylic acids is 1. The number of methoxy groups -OCH3 is 1. The molecule has 0 bridgehead atoms. The van der Waals surface area contributed by atoms with E-state index in [4.69, 9.17) is 16.3 Å². The van der Waals surface area contributed by atoms with Crippen LogP contribution in [0.3, 0.4) is 0 Å². The van der Waals surface area contributed by atoms with Crippen LogP contribution in [0, 0.1) is 0 Å². The van der Waals surface area contributed by atoms with E-state index in [1.165, 1.54) is 19.4 Å². The normalized spacial score (nSPS) is 11.8. The van der Waals surface area contributed by atoms with E-state index < -0.39 is 5.91 Å². The molecule has 0 radical (unpaired) electrons. The lowest BCUT2D eigenvalue weighted by Crippen LogP contribution is -2.27. The summed E-state index contributed by atoms with van der Waals surface area (Å²) in [5.74, 6) is -0.552. The molecule has 0 saturated carbocycles. The maximum absolute atomic E-state index is 12.2. The number of aromatic hydroxyl groups is 1. The molecule has 2 aromatic rings. The molecule has 0 spiro atoms. The number of nitrogens with one attached hydrogen (secondary N) is 1. The van der Waals surface area contributed by atoms with Crippen molar-refractivity contribution in [3.63, 3.8) is 0 Å². The largest absolute Gasteiger partial charge is 0.503 e. The van der Waals surface area contributed by atoms with Crippen molar-refractivity contribution >= 4 is 17.5 Å². The van der Waals surface area contributed by atoms with Crippen molar-refractivity contribution in [2.24, 2.45) is 0 Å². The van der Waals surface area contributed by atoms with Gasteiger partial charge in [-0.2, -0.15) is 0 Å². The van der Waals surface area contributed by atoms with Crippen LogP contribution < -0.4 is 10.1 Å². The molecule has 1 aromatic carbocycles. The number of hydrogen-bond acceptors (Lipinski definition) is 4. The highest BCUT2D eigenvalue weighted by Crippen LogP contribution is 2.28. The first-order valence-electron chi connectivity index (χ1n) is 6.31. The Hall–Kier alpha value is -2.27. The van der Waals surface area contributed by atoms with Gasteiger partial charge in [0.2, 0.25) is 0 Å². The Kier molecular flexibility index (Phi) is 4.65. The topological polar surface area (TPSA) is 71.5 Å². The van der Waals surface area contributed by atoms with E-state index in [0.717, 1.165) is 5.56 Å². The minimum absolute atomic E-state index is 0.0739. The van der Waals surface area contributed by atoms with E-state index in [0.29, 0.717) is 5.02 Å². The minimum Gasteiger partial charge on any atom is -0.503 e. The molecule has 1 heterocycles. The van der Waals surface area contributed by atoms with Crippen LogP contribution >= 0.6 is 11.6 Å². The van der Waals surface area contributed by atoms with E-state index in [2.05, 4.69) is 10.3 Å². The summed E-state index contributed by atoms with van der Waals surface area (Å²) in [6.45, 7) is 1.83. The van der Waals surface area contributed by atoms with Crippen LogP contribution in [0.4, 0.5) is 0 Å². The summed E-state index contributed by atoms with van der Waals surface area (Å²) in [5, 5.41) is 13.3. The number of carbonyl (C=O) groups is 1. The molecule has 0 aliphatic carbocycles. The van der Waals surface area contributed by atoms with Crippen LogP contribution in [0.5, 0.6) is 11.5 Å². The first kappa shape index (κ1) is 15.1. The van der Waals surface area contributed by atoms with E-state index in [-0.39, 0.29) is 23.2 Å². The van der Waals surface area contributed by atoms with Crippen LogP contribution in [0.15, 0.2) is 36.5 Å². The van der Waals surface area contributed by atoms with Gasteiger partial charge in [-0.25, -0.2) is 4.98 Å². The molecule has 110 valence electrons. The van der Waals surface area contributed by atoms with Gasteiger partial charge in [-0.15, -0.1) is 0 Å². The number of hydrogen-bond donors (Lipinski definition) is 2. The third kappa shape index (κ3) is 3.44. The average Bonchev–Trinajstić information content (AvgIpc) is 2.48. The van der Waals surface area contributed by atoms with E-state index in [1.54, 1.807) is 12.1 Å². The van der Waals surface area contributed by atoms with Crippen molar-refractivity contribution in [1.29, 1.82) is 0 Å². The smallest absolute Gasteiger partial charge is 0.274 e. The molecular weight excluding hydrogens is 292 g/mol. The van der Waals surface area contributed by atoms with Gasteiger partial charge >= 0.3 is 0 Å². The van der Waals surface area contributed by atoms with E-state index in [9.17, 15) is 9.90 Å². The molecule has 21 heavy (non-hydrogen) atoms. The summed E-state index contributed by atoms with van der Waals surface area (Å²) in [6.07, 6.45) is 1.40. The number of halogens is 1. The second-order valence-corrected chi connectivity index (χ2v) is 4.89. The molecular formula is C15H15ClN2O3. The summed E-state index contributed by atoms with van der Waals surface area (Å²) < 4.78 is 4.95. The Morgan fingerprint density at radius 3 is 2.62 bits per heavy atom. The summed E-state index contributed by atoms with van der Waals surface area (Å²) in [7, 11) is 1.41. The van der Waals surface area contributed by atoms with Crippen molar-refractivity contribution in [3.05, 3.63) is 52.8 Å². The van der Waals surface area contributed by atoms with E-state index >= 15 is 0 Å². The van der Waals surface area contributed by atoms with Crippen molar-refractivity contribution in [2.75, 3.05) is 7.11 Å². The van der Waals surface area contributed by atoms with Crippen LogP contribution in [0.1, 0.15) is 29.0 Å². The Balaban J connectivity index is 2.16. The van der Waals surface area contributed by atoms with Gasteiger partial charge < -0.3 is 15.2 Å². The van der Waals surface area contributed by atoms with Crippen LogP contribution in [-0.2, 0) is 0 Å². The monoisotopic (exact) mass is 306 g/mol. The molecule has 2 N–H and O–H groups in total. The van der Waals surface area contributed by atoms with Crippen molar-refractivity contribution in [1.82, 2.24) is 10.3 Å². The highest BCUT2D eigenvalue weighted by Gasteiger charge is 2.18. The van der Waals surface area contributed by atoms with Gasteiger partial charge in [0.15, 0.2) is 17.2 Å². The lowest BCUT2D eigenvalue weighted by Gasteiger charge is -2.15. The Morgan fingerprint density at radius 1 is 1.33 bits per heavy atom. The molecule has 1 aromatic heterocycles.